The van der Waals surface area contributed by atoms with Crippen molar-refractivity contribution in [2.45, 2.75) is 43.8 Å². The van der Waals surface area contributed by atoms with Gasteiger partial charge in [-0.1, -0.05) is 6.07 Å². The molecule has 190 valence electrons. The monoisotopic (exact) mass is 499 g/mol. The Morgan fingerprint density at radius 3 is 2.53 bits per heavy atom. The van der Waals surface area contributed by atoms with E-state index in [1.807, 2.05) is 11.9 Å². The second-order valence-electron chi connectivity index (χ2n) is 10.0. The largest absolute Gasteiger partial charge is 0.507 e. The third kappa shape index (κ3) is 4.02. The molecule has 2 N–H and O–H groups in total. The van der Waals surface area contributed by atoms with Crippen LogP contribution in [0.2, 0.25) is 0 Å². The first-order chi connectivity index (χ1) is 17.4. The molecule has 36 heavy (non-hydrogen) atoms. The van der Waals surface area contributed by atoms with Crippen molar-refractivity contribution in [3.8, 4) is 22.9 Å². The Hall–Kier alpha value is -3.11. The van der Waals surface area contributed by atoms with E-state index >= 15 is 8.78 Å². The van der Waals surface area contributed by atoms with Crippen molar-refractivity contribution in [1.82, 2.24) is 20.2 Å². The molecule has 4 heterocycles. The number of benzene rings is 2. The molecule has 3 saturated heterocycles. The lowest BCUT2D eigenvalue weighted by Gasteiger charge is -2.34. The Bertz CT molecular complexity index is 1290. The molecule has 0 spiro atoms. The van der Waals surface area contributed by atoms with Crippen LogP contribution in [0.5, 0.6) is 11.8 Å². The van der Waals surface area contributed by atoms with Crippen LogP contribution in [-0.4, -0.2) is 71.4 Å². The topological polar surface area (TPSA) is 73.8 Å². The van der Waals surface area contributed by atoms with Gasteiger partial charge in [0, 0.05) is 36.6 Å². The average Bonchev–Trinajstić information content (AvgIpc) is 3.42. The highest BCUT2D eigenvalue weighted by Crippen LogP contribution is 2.40. The van der Waals surface area contributed by atoms with E-state index in [0.717, 1.165) is 44.4 Å². The first-order valence-corrected chi connectivity index (χ1v) is 12.4. The summed E-state index contributed by atoms with van der Waals surface area (Å²) < 4.78 is 51.9. The number of aromatic nitrogens is 2. The van der Waals surface area contributed by atoms with Crippen LogP contribution in [0.15, 0.2) is 24.3 Å². The molecule has 3 aromatic rings. The molecule has 0 radical (unpaired) electrons. The predicted molar refractivity (Wildman–Crippen MR) is 130 cm³/mol. The molecule has 2 bridgehead atoms. The molecule has 0 aliphatic carbocycles. The maximum absolute atomic E-state index is 16.0. The van der Waals surface area contributed by atoms with Crippen LogP contribution in [-0.2, 0) is 0 Å². The van der Waals surface area contributed by atoms with Gasteiger partial charge in [0.15, 0.2) is 5.82 Å². The summed E-state index contributed by atoms with van der Waals surface area (Å²) in [5.41, 5.74) is -1.37. The maximum Gasteiger partial charge on any atom is 0.319 e. The van der Waals surface area contributed by atoms with Crippen molar-refractivity contribution in [2.75, 3.05) is 38.2 Å². The number of phenols is 1. The maximum atomic E-state index is 16.0. The number of halogens is 3. The van der Waals surface area contributed by atoms with Crippen LogP contribution in [0.25, 0.3) is 22.0 Å². The van der Waals surface area contributed by atoms with Crippen LogP contribution >= 0.6 is 0 Å². The van der Waals surface area contributed by atoms with E-state index in [4.69, 9.17) is 4.74 Å². The van der Waals surface area contributed by atoms with Crippen molar-refractivity contribution in [3.63, 3.8) is 0 Å². The molecule has 7 nitrogen and oxygen atoms in total. The van der Waals surface area contributed by atoms with Crippen LogP contribution in [0.3, 0.4) is 0 Å². The summed E-state index contributed by atoms with van der Waals surface area (Å²) >= 11 is 0. The second kappa shape index (κ2) is 9.08. The molecule has 0 saturated carbocycles. The molecule has 6 rings (SSSR count). The number of rotatable bonds is 5. The Morgan fingerprint density at radius 2 is 1.83 bits per heavy atom. The molecular formula is C26H28F3N5O2. The minimum absolute atomic E-state index is 0.00195. The fraction of sp³-hybridized carbons (Fsp3) is 0.462. The highest BCUT2D eigenvalue weighted by atomic mass is 19.1. The van der Waals surface area contributed by atoms with Crippen LogP contribution in [0.1, 0.15) is 25.7 Å². The number of fused-ring (bicyclic) bond motifs is 3. The number of ether oxygens (including phenoxy) is 1. The fourth-order valence-electron chi connectivity index (χ4n) is 5.79. The zero-order valence-electron chi connectivity index (χ0n) is 20.0. The molecule has 3 aliphatic heterocycles. The number of anilines is 1. The number of likely N-dealkylation sites (tertiary alicyclic amines) is 1. The SMILES string of the molecule is CN1CCC[C@H]1COc1nc(N2C[C@H]3CC[C@@H](C2)N3)c2cc(F)c(-c3c(O)cccc3F)c(F)c2n1. The number of piperazine rings is 1. The molecule has 3 atom stereocenters. The van der Waals surface area contributed by atoms with Gasteiger partial charge in [0.25, 0.3) is 0 Å². The number of hydrogen-bond donors (Lipinski definition) is 2. The van der Waals surface area contributed by atoms with E-state index in [1.165, 1.54) is 12.1 Å². The van der Waals surface area contributed by atoms with Crippen LogP contribution in [0.4, 0.5) is 19.0 Å². The molecule has 0 unspecified atom stereocenters. The third-order valence-electron chi connectivity index (χ3n) is 7.68. The summed E-state index contributed by atoms with van der Waals surface area (Å²) in [6.07, 6.45) is 4.11. The fourth-order valence-corrected chi connectivity index (χ4v) is 5.79. The summed E-state index contributed by atoms with van der Waals surface area (Å²) in [7, 11) is 2.03. The zero-order valence-corrected chi connectivity index (χ0v) is 20.0. The van der Waals surface area contributed by atoms with E-state index < -0.39 is 34.3 Å². The van der Waals surface area contributed by atoms with Crippen molar-refractivity contribution in [3.05, 3.63) is 41.7 Å². The average molecular weight is 500 g/mol. The summed E-state index contributed by atoms with van der Waals surface area (Å²) in [6.45, 7) is 2.61. The van der Waals surface area contributed by atoms with Crippen LogP contribution in [0, 0.1) is 17.5 Å². The Morgan fingerprint density at radius 1 is 1.06 bits per heavy atom. The molecule has 2 aromatic carbocycles. The van der Waals surface area contributed by atoms with E-state index in [1.54, 1.807) is 0 Å². The quantitative estimate of drug-likeness (QED) is 0.553. The number of hydrogen-bond acceptors (Lipinski definition) is 7. The Balaban J connectivity index is 1.48. The van der Waals surface area contributed by atoms with Gasteiger partial charge in [-0.3, -0.25) is 0 Å². The second-order valence-corrected chi connectivity index (χ2v) is 10.0. The van der Waals surface area contributed by atoms with Gasteiger partial charge in [0.1, 0.15) is 35.3 Å². The summed E-state index contributed by atoms with van der Waals surface area (Å²) in [5, 5.41) is 14.0. The van der Waals surface area contributed by atoms with Gasteiger partial charge in [-0.25, -0.2) is 13.2 Å². The predicted octanol–water partition coefficient (Wildman–Crippen LogP) is 3.83. The third-order valence-corrected chi connectivity index (χ3v) is 7.68. The number of phenolic OH excluding ortho intramolecular Hbond substituents is 1. The van der Waals surface area contributed by atoms with Gasteiger partial charge in [0.05, 0.1) is 11.1 Å². The summed E-state index contributed by atoms with van der Waals surface area (Å²) in [6, 6.07) is 5.39. The zero-order chi connectivity index (χ0) is 25.0. The van der Waals surface area contributed by atoms with E-state index in [2.05, 4.69) is 20.2 Å². The number of nitrogens with one attached hydrogen (secondary N) is 1. The highest BCUT2D eigenvalue weighted by molar-refractivity contribution is 5.94. The van der Waals surface area contributed by atoms with E-state index in [0.29, 0.717) is 25.5 Å². The lowest BCUT2D eigenvalue weighted by Crippen LogP contribution is -2.51. The van der Waals surface area contributed by atoms with Gasteiger partial charge >= 0.3 is 6.01 Å². The molecule has 3 aliphatic rings. The minimum Gasteiger partial charge on any atom is -0.507 e. The summed E-state index contributed by atoms with van der Waals surface area (Å²) in [4.78, 5) is 13.2. The van der Waals surface area contributed by atoms with E-state index in [9.17, 15) is 9.50 Å². The Kier molecular flexibility index (Phi) is 5.88. The van der Waals surface area contributed by atoms with Crippen molar-refractivity contribution >= 4 is 16.7 Å². The normalized spacial score (nSPS) is 24.1. The van der Waals surface area contributed by atoms with Crippen molar-refractivity contribution in [2.24, 2.45) is 0 Å². The first kappa shape index (κ1) is 23.3. The van der Waals surface area contributed by atoms with Gasteiger partial charge in [-0.2, -0.15) is 9.97 Å². The lowest BCUT2D eigenvalue weighted by molar-refractivity contribution is 0.188. The molecular weight excluding hydrogens is 471 g/mol. The number of likely N-dealkylation sites (N-methyl/N-ethyl adjacent to an activating group) is 1. The van der Waals surface area contributed by atoms with Gasteiger partial charge in [-0.15, -0.1) is 0 Å². The molecule has 0 amide bonds. The van der Waals surface area contributed by atoms with Crippen molar-refractivity contribution in [1.29, 1.82) is 0 Å². The standard InChI is InChI=1S/C26H28F3N5O2/c1-33-9-3-4-16(33)13-36-26-31-24-17(25(32-26)34-11-14-7-8-15(12-34)30-14)10-19(28)22(23(24)29)21-18(27)5-2-6-20(21)35/h2,5-6,10,14-16,30,35H,3-4,7-9,11-13H2,1H3/t14-,15+,16-/m0/s1. The van der Waals surface area contributed by atoms with Gasteiger partial charge in [0.2, 0.25) is 0 Å². The van der Waals surface area contributed by atoms with Crippen LogP contribution < -0.4 is 15.0 Å². The molecule has 3 fully saturated rings. The van der Waals surface area contributed by atoms with E-state index in [-0.39, 0.29) is 35.0 Å². The number of aromatic hydroxyl groups is 1. The smallest absolute Gasteiger partial charge is 0.319 e. The van der Waals surface area contributed by atoms with Gasteiger partial charge in [-0.05, 0) is 57.5 Å². The Labute approximate surface area is 206 Å². The highest BCUT2D eigenvalue weighted by Gasteiger charge is 2.35. The van der Waals surface area contributed by atoms with Crippen molar-refractivity contribution < 1.29 is 23.0 Å². The molecule has 1 aromatic heterocycles. The lowest BCUT2D eigenvalue weighted by atomic mass is 10.00. The molecule has 10 heteroatoms. The van der Waals surface area contributed by atoms with Gasteiger partial charge < -0.3 is 25.0 Å². The summed E-state index contributed by atoms with van der Waals surface area (Å²) in [5.74, 6) is -3.14. The minimum atomic E-state index is -1.06. The number of nitrogens with zero attached hydrogens (tertiary/aromatic N) is 4. The first-order valence-electron chi connectivity index (χ1n) is 12.4.